The molecule has 0 saturated carbocycles. The molecule has 0 atom stereocenters. The Morgan fingerprint density at radius 1 is 1.29 bits per heavy atom. The minimum atomic E-state index is -0.303. The topological polar surface area (TPSA) is 66.6 Å². The number of amides is 1. The fourth-order valence-corrected chi connectivity index (χ4v) is 2.58. The SMILES string of the molecule is Cc1ccn2cc(CNC(=O)c3cc(C(C)C)ccc3O)nc2c1. The van der Waals surface area contributed by atoms with Crippen LogP contribution in [0.1, 0.15) is 46.9 Å². The van der Waals surface area contributed by atoms with Crippen LogP contribution in [0.15, 0.2) is 42.7 Å². The number of benzene rings is 1. The van der Waals surface area contributed by atoms with Crippen molar-refractivity contribution in [1.29, 1.82) is 0 Å². The van der Waals surface area contributed by atoms with Gasteiger partial charge in [-0.2, -0.15) is 0 Å². The van der Waals surface area contributed by atoms with Crippen LogP contribution in [-0.2, 0) is 6.54 Å². The van der Waals surface area contributed by atoms with E-state index in [1.54, 1.807) is 12.1 Å². The van der Waals surface area contributed by atoms with Crippen LogP contribution in [0.3, 0.4) is 0 Å². The van der Waals surface area contributed by atoms with Crippen LogP contribution in [0.4, 0.5) is 0 Å². The van der Waals surface area contributed by atoms with E-state index in [-0.39, 0.29) is 11.7 Å². The lowest BCUT2D eigenvalue weighted by Gasteiger charge is -2.10. The Labute approximate surface area is 141 Å². The Balaban J connectivity index is 1.76. The number of nitrogens with zero attached hydrogens (tertiary/aromatic N) is 2. The van der Waals surface area contributed by atoms with Crippen LogP contribution in [0.25, 0.3) is 5.65 Å². The van der Waals surface area contributed by atoms with Gasteiger partial charge in [0.15, 0.2) is 0 Å². The summed E-state index contributed by atoms with van der Waals surface area (Å²) in [4.78, 5) is 16.9. The van der Waals surface area contributed by atoms with Gasteiger partial charge in [0.2, 0.25) is 0 Å². The Morgan fingerprint density at radius 3 is 2.83 bits per heavy atom. The maximum atomic E-state index is 12.4. The second kappa shape index (κ2) is 6.35. The van der Waals surface area contributed by atoms with Crippen molar-refractivity contribution in [1.82, 2.24) is 14.7 Å². The molecule has 0 bridgehead atoms. The average Bonchev–Trinajstić information content (AvgIpc) is 2.94. The normalized spacial score (nSPS) is 11.2. The van der Waals surface area contributed by atoms with Gasteiger partial charge >= 0.3 is 0 Å². The highest BCUT2D eigenvalue weighted by molar-refractivity contribution is 5.97. The third-order valence-corrected chi connectivity index (χ3v) is 4.03. The lowest BCUT2D eigenvalue weighted by atomic mass is 10.00. The van der Waals surface area contributed by atoms with Crippen molar-refractivity contribution in [3.63, 3.8) is 0 Å². The van der Waals surface area contributed by atoms with Crippen molar-refractivity contribution in [2.45, 2.75) is 33.2 Å². The summed E-state index contributed by atoms with van der Waals surface area (Å²) in [6.45, 7) is 6.42. The average molecular weight is 323 g/mol. The van der Waals surface area contributed by atoms with E-state index in [0.717, 1.165) is 22.5 Å². The number of carbonyl (C=O) groups excluding carboxylic acids is 1. The van der Waals surface area contributed by atoms with Crippen molar-refractivity contribution in [2.24, 2.45) is 0 Å². The molecular formula is C19H21N3O2. The lowest BCUT2D eigenvalue weighted by Crippen LogP contribution is -2.23. The molecule has 2 heterocycles. The van der Waals surface area contributed by atoms with Crippen molar-refractivity contribution in [3.05, 3.63) is 65.1 Å². The zero-order valence-corrected chi connectivity index (χ0v) is 14.1. The van der Waals surface area contributed by atoms with Crippen LogP contribution in [0.2, 0.25) is 0 Å². The predicted octanol–water partition coefficient (Wildman–Crippen LogP) is 3.40. The van der Waals surface area contributed by atoms with E-state index < -0.39 is 0 Å². The van der Waals surface area contributed by atoms with Crippen LogP contribution >= 0.6 is 0 Å². The van der Waals surface area contributed by atoms with Gasteiger partial charge in [-0.15, -0.1) is 0 Å². The quantitative estimate of drug-likeness (QED) is 0.773. The van der Waals surface area contributed by atoms with E-state index in [4.69, 9.17) is 0 Å². The number of aryl methyl sites for hydroxylation is 1. The van der Waals surface area contributed by atoms with Gasteiger partial charge in [-0.05, 0) is 48.2 Å². The summed E-state index contributed by atoms with van der Waals surface area (Å²) in [6, 6.07) is 9.14. The third kappa shape index (κ3) is 3.25. The molecule has 5 nitrogen and oxygen atoms in total. The van der Waals surface area contributed by atoms with E-state index in [1.165, 1.54) is 0 Å². The van der Waals surface area contributed by atoms with Gasteiger partial charge in [0, 0.05) is 12.4 Å². The van der Waals surface area contributed by atoms with E-state index in [0.29, 0.717) is 18.0 Å². The second-order valence-electron chi connectivity index (χ2n) is 6.32. The molecule has 0 fully saturated rings. The first-order valence-corrected chi connectivity index (χ1v) is 7.99. The zero-order valence-electron chi connectivity index (χ0n) is 14.1. The van der Waals surface area contributed by atoms with E-state index in [2.05, 4.69) is 10.3 Å². The van der Waals surface area contributed by atoms with Gasteiger partial charge in [0.25, 0.3) is 5.91 Å². The molecule has 24 heavy (non-hydrogen) atoms. The molecule has 1 aromatic carbocycles. The van der Waals surface area contributed by atoms with Gasteiger partial charge in [-0.3, -0.25) is 4.79 Å². The minimum absolute atomic E-state index is 0.0115. The molecule has 3 rings (SSSR count). The van der Waals surface area contributed by atoms with Crippen LogP contribution < -0.4 is 5.32 Å². The summed E-state index contributed by atoms with van der Waals surface area (Å²) in [5.74, 6) is -0.0235. The summed E-state index contributed by atoms with van der Waals surface area (Å²) in [7, 11) is 0. The summed E-state index contributed by atoms with van der Waals surface area (Å²) in [5, 5.41) is 12.8. The lowest BCUT2D eigenvalue weighted by molar-refractivity contribution is 0.0947. The third-order valence-electron chi connectivity index (χ3n) is 4.03. The van der Waals surface area contributed by atoms with Crippen molar-refractivity contribution < 1.29 is 9.90 Å². The number of aromatic nitrogens is 2. The highest BCUT2D eigenvalue weighted by Crippen LogP contribution is 2.23. The molecule has 2 N–H and O–H groups in total. The summed E-state index contributed by atoms with van der Waals surface area (Å²) in [6.07, 6.45) is 3.83. The molecule has 5 heteroatoms. The van der Waals surface area contributed by atoms with E-state index in [1.807, 2.05) is 55.8 Å². The molecule has 124 valence electrons. The molecule has 0 aliphatic heterocycles. The smallest absolute Gasteiger partial charge is 0.255 e. The van der Waals surface area contributed by atoms with Gasteiger partial charge in [-0.25, -0.2) is 4.98 Å². The number of rotatable bonds is 4. The van der Waals surface area contributed by atoms with Crippen molar-refractivity contribution in [3.8, 4) is 5.75 Å². The molecule has 1 amide bonds. The zero-order chi connectivity index (χ0) is 17.3. The van der Waals surface area contributed by atoms with Crippen LogP contribution in [-0.4, -0.2) is 20.4 Å². The highest BCUT2D eigenvalue weighted by Gasteiger charge is 2.13. The molecule has 3 aromatic rings. The monoisotopic (exact) mass is 323 g/mol. The Morgan fingerprint density at radius 2 is 2.08 bits per heavy atom. The van der Waals surface area contributed by atoms with Gasteiger partial charge in [-0.1, -0.05) is 19.9 Å². The first-order valence-electron chi connectivity index (χ1n) is 7.99. The number of pyridine rings is 1. The van der Waals surface area contributed by atoms with Crippen LogP contribution in [0.5, 0.6) is 5.75 Å². The second-order valence-corrected chi connectivity index (χ2v) is 6.32. The van der Waals surface area contributed by atoms with E-state index >= 15 is 0 Å². The first kappa shape index (κ1) is 16.1. The molecule has 0 saturated heterocycles. The highest BCUT2D eigenvalue weighted by atomic mass is 16.3. The first-order chi connectivity index (χ1) is 11.4. The van der Waals surface area contributed by atoms with Gasteiger partial charge in [0.1, 0.15) is 11.4 Å². The maximum absolute atomic E-state index is 12.4. The fourth-order valence-electron chi connectivity index (χ4n) is 2.58. The number of aromatic hydroxyl groups is 1. The molecule has 0 aliphatic carbocycles. The van der Waals surface area contributed by atoms with Gasteiger partial charge < -0.3 is 14.8 Å². The van der Waals surface area contributed by atoms with Gasteiger partial charge in [0.05, 0.1) is 17.8 Å². The number of carbonyl (C=O) groups is 1. The standard InChI is InChI=1S/C19H21N3O2/c1-12(2)14-4-5-17(23)16(9-14)19(24)20-10-15-11-22-7-6-13(3)8-18(22)21-15/h4-9,11-12,23H,10H2,1-3H3,(H,20,24). The number of imidazole rings is 1. The van der Waals surface area contributed by atoms with Crippen molar-refractivity contribution >= 4 is 11.6 Å². The predicted molar refractivity (Wildman–Crippen MR) is 93.3 cm³/mol. The summed E-state index contributed by atoms with van der Waals surface area (Å²) < 4.78 is 1.92. The number of hydrogen-bond acceptors (Lipinski definition) is 3. The largest absolute Gasteiger partial charge is 0.507 e. The molecule has 0 radical (unpaired) electrons. The number of phenolic OH excluding ortho intramolecular Hbond substituents is 1. The maximum Gasteiger partial charge on any atom is 0.255 e. The molecule has 2 aromatic heterocycles. The molecule has 0 unspecified atom stereocenters. The Kier molecular flexibility index (Phi) is 4.25. The molecule has 0 spiro atoms. The molecular weight excluding hydrogens is 302 g/mol. The minimum Gasteiger partial charge on any atom is -0.507 e. The fraction of sp³-hybridized carbons (Fsp3) is 0.263. The number of nitrogens with one attached hydrogen (secondary N) is 1. The molecule has 0 aliphatic rings. The summed E-state index contributed by atoms with van der Waals surface area (Å²) >= 11 is 0. The van der Waals surface area contributed by atoms with Crippen molar-refractivity contribution in [2.75, 3.05) is 0 Å². The Bertz CT molecular complexity index is 897. The van der Waals surface area contributed by atoms with Crippen LogP contribution in [0, 0.1) is 6.92 Å². The Hall–Kier alpha value is -2.82. The number of phenols is 1. The number of fused-ring (bicyclic) bond motifs is 1. The number of hydrogen-bond donors (Lipinski definition) is 2. The summed E-state index contributed by atoms with van der Waals surface area (Å²) in [5.41, 5.74) is 4.07. The van der Waals surface area contributed by atoms with E-state index in [9.17, 15) is 9.90 Å².